The molecule has 0 saturated carbocycles. The van der Waals surface area contributed by atoms with Gasteiger partial charge in [-0.3, -0.25) is 0 Å². The van der Waals surface area contributed by atoms with Crippen molar-refractivity contribution in [1.29, 1.82) is 0 Å². The molecule has 1 atom stereocenters. The fourth-order valence-corrected chi connectivity index (χ4v) is 2.09. The summed E-state index contributed by atoms with van der Waals surface area (Å²) in [7, 11) is 0. The van der Waals surface area contributed by atoms with Gasteiger partial charge < -0.3 is 14.6 Å². The molecular weight excluding hydrogens is 336 g/mol. The highest BCUT2D eigenvalue weighted by Crippen LogP contribution is 2.19. The first-order chi connectivity index (χ1) is 12.3. The van der Waals surface area contributed by atoms with E-state index in [0.29, 0.717) is 17.0 Å². The highest BCUT2D eigenvalue weighted by atomic mass is 16.4. The van der Waals surface area contributed by atoms with E-state index < -0.39 is 11.6 Å². The standard InChI is InChI=1S/C18H14N4O4/c1-11-21-22-17(26-11)18(2,25)8-6-12-4-3-5-13(10-12)15-19-9-7-14(20-15)16(23)24/h3-5,7,9-10,25H,1-2H3,(H,23,24)/t18-/m1/s1. The lowest BCUT2D eigenvalue weighted by atomic mass is 10.1. The average molecular weight is 350 g/mol. The number of aliphatic hydroxyl groups is 1. The Kier molecular flexibility index (Phi) is 4.47. The maximum Gasteiger partial charge on any atom is 0.354 e. The number of nitrogens with zero attached hydrogens (tertiary/aromatic N) is 4. The second-order valence-corrected chi connectivity index (χ2v) is 5.60. The monoisotopic (exact) mass is 350 g/mol. The molecule has 130 valence electrons. The highest BCUT2D eigenvalue weighted by molar-refractivity contribution is 5.85. The van der Waals surface area contributed by atoms with Crippen molar-refractivity contribution in [2.24, 2.45) is 0 Å². The van der Waals surface area contributed by atoms with Crippen LogP contribution in [0.3, 0.4) is 0 Å². The molecule has 0 aliphatic rings. The van der Waals surface area contributed by atoms with Gasteiger partial charge in [0.25, 0.3) is 5.89 Å². The molecule has 0 unspecified atom stereocenters. The van der Waals surface area contributed by atoms with E-state index in [1.54, 1.807) is 31.2 Å². The summed E-state index contributed by atoms with van der Waals surface area (Å²) in [6.45, 7) is 3.07. The molecule has 0 amide bonds. The fraction of sp³-hybridized carbons (Fsp3) is 0.167. The summed E-state index contributed by atoms with van der Waals surface area (Å²) in [5, 5.41) is 26.9. The van der Waals surface area contributed by atoms with E-state index >= 15 is 0 Å². The Balaban J connectivity index is 1.91. The Morgan fingerprint density at radius 1 is 1.27 bits per heavy atom. The second-order valence-electron chi connectivity index (χ2n) is 5.60. The summed E-state index contributed by atoms with van der Waals surface area (Å²) in [6, 6.07) is 8.24. The van der Waals surface area contributed by atoms with Crippen molar-refractivity contribution >= 4 is 5.97 Å². The molecule has 0 aliphatic carbocycles. The zero-order chi connectivity index (χ0) is 18.7. The Morgan fingerprint density at radius 2 is 2.08 bits per heavy atom. The molecule has 0 fully saturated rings. The van der Waals surface area contributed by atoms with Gasteiger partial charge in [-0.05, 0) is 25.1 Å². The summed E-state index contributed by atoms with van der Waals surface area (Å²) >= 11 is 0. The van der Waals surface area contributed by atoms with Crippen molar-refractivity contribution in [2.45, 2.75) is 19.4 Å². The van der Waals surface area contributed by atoms with Gasteiger partial charge in [0, 0.05) is 24.2 Å². The molecular formula is C18H14N4O4. The maximum absolute atomic E-state index is 11.0. The second kappa shape index (κ2) is 6.74. The first kappa shape index (κ1) is 17.3. The molecule has 0 spiro atoms. The largest absolute Gasteiger partial charge is 0.477 e. The molecule has 26 heavy (non-hydrogen) atoms. The first-order valence-corrected chi connectivity index (χ1v) is 7.58. The summed E-state index contributed by atoms with van der Waals surface area (Å²) in [5.41, 5.74) is -0.505. The van der Waals surface area contributed by atoms with E-state index in [1.807, 2.05) is 0 Å². The summed E-state index contributed by atoms with van der Waals surface area (Å²) in [4.78, 5) is 19.1. The van der Waals surface area contributed by atoms with Crippen molar-refractivity contribution in [2.75, 3.05) is 0 Å². The van der Waals surface area contributed by atoms with Gasteiger partial charge in [-0.1, -0.05) is 24.0 Å². The predicted octanol–water partition coefficient (Wildman–Crippen LogP) is 1.79. The molecule has 0 saturated heterocycles. The van der Waals surface area contributed by atoms with E-state index in [4.69, 9.17) is 9.52 Å². The van der Waals surface area contributed by atoms with Gasteiger partial charge in [0.1, 0.15) is 0 Å². The zero-order valence-corrected chi connectivity index (χ0v) is 14.0. The molecule has 1 aromatic carbocycles. The maximum atomic E-state index is 11.0. The predicted molar refractivity (Wildman–Crippen MR) is 89.9 cm³/mol. The Labute approximate surface area is 148 Å². The van der Waals surface area contributed by atoms with Crippen LogP contribution in [-0.4, -0.2) is 36.3 Å². The minimum atomic E-state index is -1.60. The molecule has 8 heteroatoms. The van der Waals surface area contributed by atoms with E-state index in [-0.39, 0.29) is 17.4 Å². The van der Waals surface area contributed by atoms with Crippen LogP contribution in [0, 0.1) is 18.8 Å². The van der Waals surface area contributed by atoms with Gasteiger partial charge in [0.15, 0.2) is 11.5 Å². The number of hydrogen-bond acceptors (Lipinski definition) is 7. The van der Waals surface area contributed by atoms with Gasteiger partial charge >= 0.3 is 5.97 Å². The molecule has 0 bridgehead atoms. The van der Waals surface area contributed by atoms with Crippen LogP contribution in [0.15, 0.2) is 40.9 Å². The molecule has 8 nitrogen and oxygen atoms in total. The number of carboxylic acids is 1. The number of carbonyl (C=O) groups is 1. The molecule has 2 heterocycles. The normalized spacial score (nSPS) is 12.7. The van der Waals surface area contributed by atoms with E-state index in [2.05, 4.69) is 32.0 Å². The lowest BCUT2D eigenvalue weighted by Crippen LogP contribution is -2.19. The van der Waals surface area contributed by atoms with E-state index in [0.717, 1.165) is 0 Å². The lowest BCUT2D eigenvalue weighted by Gasteiger charge is -2.09. The van der Waals surface area contributed by atoms with Gasteiger partial charge in [-0.2, -0.15) is 0 Å². The van der Waals surface area contributed by atoms with Crippen LogP contribution in [0.4, 0.5) is 0 Å². The summed E-state index contributed by atoms with van der Waals surface area (Å²) in [6.07, 6.45) is 1.38. The molecule has 2 aromatic heterocycles. The summed E-state index contributed by atoms with van der Waals surface area (Å²) in [5.74, 6) is 5.01. The van der Waals surface area contributed by atoms with Crippen molar-refractivity contribution in [3.8, 4) is 23.2 Å². The third-order valence-electron chi connectivity index (χ3n) is 3.39. The minimum Gasteiger partial charge on any atom is -0.477 e. The first-order valence-electron chi connectivity index (χ1n) is 7.58. The van der Waals surface area contributed by atoms with Crippen LogP contribution >= 0.6 is 0 Å². The number of hydrogen-bond donors (Lipinski definition) is 2. The molecule has 3 aromatic rings. The van der Waals surface area contributed by atoms with Gasteiger partial charge in [-0.15, -0.1) is 10.2 Å². The number of aromatic nitrogens is 4. The van der Waals surface area contributed by atoms with Gasteiger partial charge in [-0.25, -0.2) is 14.8 Å². The van der Waals surface area contributed by atoms with Crippen LogP contribution in [0.1, 0.15) is 34.8 Å². The fourth-order valence-electron chi connectivity index (χ4n) is 2.09. The third kappa shape index (κ3) is 3.74. The highest BCUT2D eigenvalue weighted by Gasteiger charge is 2.27. The van der Waals surface area contributed by atoms with Crippen LogP contribution in [-0.2, 0) is 5.60 Å². The average Bonchev–Trinajstić information content (AvgIpc) is 3.08. The molecule has 0 radical (unpaired) electrons. The van der Waals surface area contributed by atoms with Crippen LogP contribution in [0.25, 0.3) is 11.4 Å². The number of carboxylic acid groups (broad SMARTS) is 1. The van der Waals surface area contributed by atoms with Crippen molar-refractivity contribution in [1.82, 2.24) is 20.2 Å². The summed E-state index contributed by atoms with van der Waals surface area (Å²) < 4.78 is 5.22. The SMILES string of the molecule is Cc1nnc([C@](C)(O)C#Cc2cccc(-c3nccc(C(=O)O)n3)c2)o1. The van der Waals surface area contributed by atoms with Crippen molar-refractivity contribution in [3.05, 3.63) is 59.6 Å². The smallest absolute Gasteiger partial charge is 0.354 e. The topological polar surface area (TPSA) is 122 Å². The molecule has 0 aliphatic heterocycles. The van der Waals surface area contributed by atoms with Crippen molar-refractivity contribution < 1.29 is 19.4 Å². The third-order valence-corrected chi connectivity index (χ3v) is 3.39. The lowest BCUT2D eigenvalue weighted by molar-refractivity contribution is 0.0690. The zero-order valence-electron chi connectivity index (χ0n) is 14.0. The molecule has 3 rings (SSSR count). The van der Waals surface area contributed by atoms with Crippen LogP contribution < -0.4 is 0 Å². The van der Waals surface area contributed by atoms with Gasteiger partial charge in [0.2, 0.25) is 11.5 Å². The van der Waals surface area contributed by atoms with Crippen LogP contribution in [0.2, 0.25) is 0 Å². The number of rotatable bonds is 3. The van der Waals surface area contributed by atoms with Gasteiger partial charge in [0.05, 0.1) is 0 Å². The Bertz CT molecular complexity index is 1030. The number of aryl methyl sites for hydroxylation is 1. The van der Waals surface area contributed by atoms with E-state index in [9.17, 15) is 9.90 Å². The minimum absolute atomic E-state index is 0.0103. The van der Waals surface area contributed by atoms with E-state index in [1.165, 1.54) is 19.2 Å². The quantitative estimate of drug-likeness (QED) is 0.686. The van der Waals surface area contributed by atoms with Crippen LogP contribution in [0.5, 0.6) is 0 Å². The van der Waals surface area contributed by atoms with Crippen molar-refractivity contribution in [3.63, 3.8) is 0 Å². The Morgan fingerprint density at radius 3 is 2.77 bits per heavy atom. The number of benzene rings is 1. The molecule has 2 N–H and O–H groups in total. The number of aromatic carboxylic acids is 1. The Hall–Kier alpha value is -3.57.